The van der Waals surface area contributed by atoms with Crippen molar-refractivity contribution in [2.24, 2.45) is 5.92 Å². The maximum absolute atomic E-state index is 11.1. The standard InChI is InChI=1S/C10H19O3.C3H7.W/c1-4-12-7-8-13-6-5-10(11)9(2)3;1-3-2;/h9H,1,4-8H2,2-3H3;3H,1-2H3;/q2*-1;+2. The van der Waals surface area contributed by atoms with E-state index in [2.05, 4.69) is 6.92 Å². The van der Waals surface area contributed by atoms with Crippen LogP contribution in [-0.2, 0) is 35.3 Å². The summed E-state index contributed by atoms with van der Waals surface area (Å²) in [6.45, 7) is 13.4. The average Bonchev–Trinajstić information content (AvgIpc) is 2.24. The molecule has 0 aromatic carbocycles. The number of hydrogen-bond acceptors (Lipinski definition) is 3. The largest absolute Gasteiger partial charge is 2.00 e. The molecule has 0 aromatic rings. The molecule has 0 amide bonds. The van der Waals surface area contributed by atoms with Crippen LogP contribution >= 0.6 is 0 Å². The molecule has 0 rings (SSSR count). The van der Waals surface area contributed by atoms with Crippen molar-refractivity contribution >= 4 is 5.78 Å². The van der Waals surface area contributed by atoms with E-state index in [0.717, 1.165) is 0 Å². The van der Waals surface area contributed by atoms with Gasteiger partial charge < -0.3 is 22.8 Å². The van der Waals surface area contributed by atoms with Crippen LogP contribution in [0.3, 0.4) is 0 Å². The Labute approximate surface area is 121 Å². The first kappa shape index (κ1) is 22.5. The van der Waals surface area contributed by atoms with Gasteiger partial charge in [0.15, 0.2) is 0 Å². The molecule has 17 heavy (non-hydrogen) atoms. The van der Waals surface area contributed by atoms with E-state index < -0.39 is 0 Å². The van der Waals surface area contributed by atoms with Crippen LogP contribution in [0.5, 0.6) is 0 Å². The van der Waals surface area contributed by atoms with Crippen molar-refractivity contribution in [2.45, 2.75) is 34.1 Å². The van der Waals surface area contributed by atoms with Crippen LogP contribution in [0.2, 0.25) is 0 Å². The molecule has 0 aliphatic carbocycles. The van der Waals surface area contributed by atoms with Crippen LogP contribution in [0.15, 0.2) is 0 Å². The van der Waals surface area contributed by atoms with Crippen molar-refractivity contribution < 1.29 is 35.3 Å². The molecule has 0 N–H and O–H groups in total. The van der Waals surface area contributed by atoms with Gasteiger partial charge in [0.05, 0.1) is 19.8 Å². The molecule has 4 heteroatoms. The van der Waals surface area contributed by atoms with Crippen LogP contribution in [0.25, 0.3) is 0 Å². The molecular weight excluding hydrogens is 388 g/mol. The number of ketones is 1. The molecular formula is C13H26O3W. The molecule has 0 heterocycles. The molecule has 3 nitrogen and oxygen atoms in total. The SMILES string of the molecule is C[CH-]C.[CH2-]COCCOCCC(=O)C(C)C.[W+2]. The molecule has 0 radical (unpaired) electrons. The van der Waals surface area contributed by atoms with Crippen molar-refractivity contribution in [2.75, 3.05) is 26.4 Å². The smallest absolute Gasteiger partial charge is 0.411 e. The van der Waals surface area contributed by atoms with Crippen molar-refractivity contribution in [3.63, 3.8) is 0 Å². The zero-order chi connectivity index (χ0) is 12.8. The zero-order valence-corrected chi connectivity index (χ0v) is 14.5. The van der Waals surface area contributed by atoms with Crippen molar-refractivity contribution in [3.8, 4) is 0 Å². The van der Waals surface area contributed by atoms with Crippen LogP contribution in [0, 0.1) is 19.3 Å². The average molecular weight is 414 g/mol. The van der Waals surface area contributed by atoms with E-state index in [1.54, 1.807) is 0 Å². The Bertz CT molecular complexity index is 150. The predicted octanol–water partition coefficient (Wildman–Crippen LogP) is 2.70. The molecule has 0 aliphatic rings. The molecule has 0 spiro atoms. The summed E-state index contributed by atoms with van der Waals surface area (Å²) in [4.78, 5) is 11.1. The molecule has 102 valence electrons. The third-order valence-corrected chi connectivity index (χ3v) is 1.65. The number of Topliss-reactive ketones (excluding diaryl/α,β-unsaturated/α-hetero) is 1. The van der Waals surface area contributed by atoms with Crippen molar-refractivity contribution in [1.82, 2.24) is 0 Å². The quantitative estimate of drug-likeness (QED) is 0.453. The first-order valence-electron chi connectivity index (χ1n) is 5.81. The molecule has 0 atom stereocenters. The monoisotopic (exact) mass is 414 g/mol. The number of ether oxygens (including phenoxy) is 2. The van der Waals surface area contributed by atoms with E-state index in [-0.39, 0.29) is 32.8 Å². The first-order valence-corrected chi connectivity index (χ1v) is 5.81. The van der Waals surface area contributed by atoms with Gasteiger partial charge in [-0.15, -0.1) is 0 Å². The second-order valence-electron chi connectivity index (χ2n) is 3.67. The summed E-state index contributed by atoms with van der Waals surface area (Å²) < 4.78 is 10.1. The van der Waals surface area contributed by atoms with Gasteiger partial charge in [-0.1, -0.05) is 20.5 Å². The van der Waals surface area contributed by atoms with Gasteiger partial charge in [-0.2, -0.15) is 13.8 Å². The Hall–Kier alpha value is 0.278. The minimum Gasteiger partial charge on any atom is -0.411 e. The molecule has 0 saturated carbocycles. The first-order chi connectivity index (χ1) is 7.59. The van der Waals surface area contributed by atoms with Gasteiger partial charge >= 0.3 is 21.1 Å². The van der Waals surface area contributed by atoms with E-state index in [1.807, 2.05) is 34.1 Å². The minimum absolute atomic E-state index is 0. The molecule has 0 aliphatic heterocycles. The third-order valence-electron chi connectivity index (χ3n) is 1.65. The summed E-state index contributed by atoms with van der Waals surface area (Å²) in [6.07, 6.45) is 2.50. The van der Waals surface area contributed by atoms with Gasteiger partial charge in [-0.25, -0.2) is 0 Å². The second kappa shape index (κ2) is 18.6. The van der Waals surface area contributed by atoms with Crippen molar-refractivity contribution in [3.05, 3.63) is 13.3 Å². The van der Waals surface area contributed by atoms with Crippen LogP contribution in [-0.4, -0.2) is 32.2 Å². The van der Waals surface area contributed by atoms with Gasteiger partial charge in [0.25, 0.3) is 0 Å². The third kappa shape index (κ3) is 22.0. The molecule has 0 aromatic heterocycles. The zero-order valence-electron chi connectivity index (χ0n) is 11.5. The van der Waals surface area contributed by atoms with E-state index in [1.165, 1.54) is 0 Å². The van der Waals surface area contributed by atoms with E-state index >= 15 is 0 Å². The Morgan fingerprint density at radius 1 is 1.18 bits per heavy atom. The van der Waals surface area contributed by atoms with Crippen LogP contribution < -0.4 is 0 Å². The fraction of sp³-hybridized carbons (Fsp3) is 0.769. The number of hydrogen-bond donors (Lipinski definition) is 0. The van der Waals surface area contributed by atoms with Gasteiger partial charge in [-0.05, 0) is 0 Å². The maximum Gasteiger partial charge on any atom is 2.00 e. The molecule has 0 saturated heterocycles. The van der Waals surface area contributed by atoms with Crippen LogP contribution in [0.4, 0.5) is 0 Å². The van der Waals surface area contributed by atoms with Gasteiger partial charge in [0, 0.05) is 12.3 Å². The fourth-order valence-corrected chi connectivity index (χ4v) is 0.783. The predicted molar refractivity (Wildman–Crippen MR) is 67.1 cm³/mol. The summed E-state index contributed by atoms with van der Waals surface area (Å²) in [5.41, 5.74) is 0. The van der Waals surface area contributed by atoms with E-state index in [4.69, 9.17) is 9.47 Å². The van der Waals surface area contributed by atoms with Crippen LogP contribution in [0.1, 0.15) is 34.1 Å². The van der Waals surface area contributed by atoms with E-state index in [0.29, 0.717) is 32.8 Å². The topological polar surface area (TPSA) is 35.5 Å². The Balaban J connectivity index is -0.000000440. The number of carbonyl (C=O) groups excluding carboxylic acids is 1. The Morgan fingerprint density at radius 2 is 1.65 bits per heavy atom. The second-order valence-corrected chi connectivity index (χ2v) is 3.67. The molecule has 0 fully saturated rings. The number of carbonyl (C=O) groups is 1. The van der Waals surface area contributed by atoms with Gasteiger partial charge in [0.1, 0.15) is 5.78 Å². The van der Waals surface area contributed by atoms with Gasteiger partial charge in [0.2, 0.25) is 0 Å². The Kier molecular flexibility index (Phi) is 24.6. The summed E-state index contributed by atoms with van der Waals surface area (Å²) in [6, 6.07) is 0. The summed E-state index contributed by atoms with van der Waals surface area (Å²) >= 11 is 0. The van der Waals surface area contributed by atoms with E-state index in [9.17, 15) is 4.79 Å². The summed E-state index contributed by atoms with van der Waals surface area (Å²) in [7, 11) is 0. The molecule has 0 unspecified atom stereocenters. The minimum atomic E-state index is 0. The van der Waals surface area contributed by atoms with Crippen molar-refractivity contribution in [1.29, 1.82) is 0 Å². The van der Waals surface area contributed by atoms with Gasteiger partial charge in [-0.3, -0.25) is 4.79 Å². The maximum atomic E-state index is 11.1. The number of rotatable bonds is 8. The summed E-state index contributed by atoms with van der Waals surface area (Å²) in [5, 5.41) is 0. The molecule has 0 bridgehead atoms. The Morgan fingerprint density at radius 3 is 2.06 bits per heavy atom. The normalized spacial score (nSPS) is 9.29. The summed E-state index contributed by atoms with van der Waals surface area (Å²) in [5.74, 6) is 0.359. The fourth-order valence-electron chi connectivity index (χ4n) is 0.783.